The Balaban J connectivity index is 1.87. The number of benzene rings is 1. The largest absolute Gasteiger partial charge is 0.0726 e. The Bertz CT molecular complexity index is 866. The summed E-state index contributed by atoms with van der Waals surface area (Å²) in [6.07, 6.45) is 15.5. The molecule has 94 valence electrons. The number of hydrogen-bond acceptors (Lipinski definition) is 0. The van der Waals surface area contributed by atoms with Crippen molar-refractivity contribution >= 4 is 17.2 Å². The summed E-state index contributed by atoms with van der Waals surface area (Å²) in [6.45, 7) is 0. The molecule has 0 N–H and O–H groups in total. The highest BCUT2D eigenvalue weighted by atomic mass is 14.4. The second kappa shape index (κ2) is 2.98. The van der Waals surface area contributed by atoms with E-state index >= 15 is 0 Å². The molecular formula is C20H14. The van der Waals surface area contributed by atoms with E-state index in [-0.39, 0.29) is 0 Å². The van der Waals surface area contributed by atoms with Gasteiger partial charge in [0.1, 0.15) is 0 Å². The first-order valence-corrected chi connectivity index (χ1v) is 7.62. The maximum Gasteiger partial charge on any atom is 0.0218 e. The van der Waals surface area contributed by atoms with Crippen LogP contribution in [-0.4, -0.2) is 0 Å². The number of hydrogen-bond donors (Lipinski definition) is 0. The van der Waals surface area contributed by atoms with Gasteiger partial charge in [0.25, 0.3) is 0 Å². The molecule has 0 radical (unpaired) electrons. The molecule has 6 rings (SSSR count). The highest BCUT2D eigenvalue weighted by molar-refractivity contribution is 6.11. The van der Waals surface area contributed by atoms with Crippen molar-refractivity contribution in [2.45, 2.75) is 19.3 Å². The number of allylic oxidation sites excluding steroid dienone is 9. The molecule has 1 aromatic rings. The molecule has 0 saturated heterocycles. The van der Waals surface area contributed by atoms with Crippen LogP contribution in [-0.2, 0) is 6.42 Å². The smallest absolute Gasteiger partial charge is 0.0218 e. The Kier molecular flexibility index (Phi) is 1.46. The average Bonchev–Trinajstić information content (AvgIpc) is 2.88. The lowest BCUT2D eigenvalue weighted by molar-refractivity contribution is 0.884. The zero-order valence-electron chi connectivity index (χ0n) is 11.2. The zero-order chi connectivity index (χ0) is 12.8. The van der Waals surface area contributed by atoms with Crippen LogP contribution >= 0.6 is 0 Å². The monoisotopic (exact) mass is 254 g/mol. The van der Waals surface area contributed by atoms with E-state index in [1.54, 1.807) is 39.0 Å². The predicted octanol–water partition coefficient (Wildman–Crippen LogP) is 4.70. The number of aryl methyl sites for hydroxylation is 1. The normalized spacial score (nSPS) is 26.4. The van der Waals surface area contributed by atoms with Crippen molar-refractivity contribution in [3.8, 4) is 0 Å². The van der Waals surface area contributed by atoms with Crippen molar-refractivity contribution in [1.29, 1.82) is 0 Å². The summed E-state index contributed by atoms with van der Waals surface area (Å²) < 4.78 is 0. The average molecular weight is 254 g/mol. The van der Waals surface area contributed by atoms with Crippen molar-refractivity contribution in [2.75, 3.05) is 0 Å². The van der Waals surface area contributed by atoms with Crippen LogP contribution in [0.15, 0.2) is 53.2 Å². The maximum absolute atomic E-state index is 2.45. The minimum atomic E-state index is 0.499. The fourth-order valence-corrected chi connectivity index (χ4v) is 4.73. The molecule has 5 aliphatic carbocycles. The molecule has 0 nitrogen and oxygen atoms in total. The van der Waals surface area contributed by atoms with Crippen LogP contribution in [0.5, 0.6) is 0 Å². The molecule has 0 aromatic heterocycles. The molecule has 1 aromatic carbocycles. The van der Waals surface area contributed by atoms with E-state index in [1.807, 2.05) is 0 Å². The Labute approximate surface area is 118 Å². The third kappa shape index (κ3) is 0.895. The molecule has 0 fully saturated rings. The van der Waals surface area contributed by atoms with Gasteiger partial charge in [-0.2, -0.15) is 0 Å². The molecule has 0 amide bonds. The van der Waals surface area contributed by atoms with Crippen molar-refractivity contribution in [3.05, 3.63) is 75.4 Å². The van der Waals surface area contributed by atoms with Crippen LogP contribution in [0.4, 0.5) is 0 Å². The summed E-state index contributed by atoms with van der Waals surface area (Å²) >= 11 is 0. The van der Waals surface area contributed by atoms with Crippen LogP contribution in [0.2, 0.25) is 0 Å². The van der Waals surface area contributed by atoms with E-state index in [0.29, 0.717) is 5.92 Å². The van der Waals surface area contributed by atoms with Crippen LogP contribution < -0.4 is 0 Å². The number of rotatable bonds is 0. The van der Waals surface area contributed by atoms with Gasteiger partial charge in [-0.3, -0.25) is 0 Å². The fraction of sp³-hybridized carbons (Fsp3) is 0.200. The molecule has 0 heterocycles. The quantitative estimate of drug-likeness (QED) is 0.629. The Morgan fingerprint density at radius 3 is 2.85 bits per heavy atom. The van der Waals surface area contributed by atoms with Crippen LogP contribution in [0.3, 0.4) is 0 Å². The predicted molar refractivity (Wildman–Crippen MR) is 83.0 cm³/mol. The van der Waals surface area contributed by atoms with E-state index < -0.39 is 0 Å². The van der Waals surface area contributed by atoms with Gasteiger partial charge in [-0.25, -0.2) is 0 Å². The molecule has 0 saturated carbocycles. The van der Waals surface area contributed by atoms with Gasteiger partial charge >= 0.3 is 0 Å². The second-order valence-electron chi connectivity index (χ2n) is 6.44. The van der Waals surface area contributed by atoms with Crippen molar-refractivity contribution in [3.63, 3.8) is 0 Å². The summed E-state index contributed by atoms with van der Waals surface area (Å²) in [4.78, 5) is 0. The molecular weight excluding hydrogens is 240 g/mol. The minimum absolute atomic E-state index is 0.499. The molecule has 1 unspecified atom stereocenters. The van der Waals surface area contributed by atoms with Crippen molar-refractivity contribution in [2.24, 2.45) is 5.92 Å². The van der Waals surface area contributed by atoms with Gasteiger partial charge < -0.3 is 0 Å². The highest BCUT2D eigenvalue weighted by Crippen LogP contribution is 2.58. The lowest BCUT2D eigenvalue weighted by Gasteiger charge is -2.27. The van der Waals surface area contributed by atoms with Crippen LogP contribution in [0.1, 0.15) is 35.1 Å². The third-order valence-electron chi connectivity index (χ3n) is 5.57. The Hall–Kier alpha value is -2.08. The van der Waals surface area contributed by atoms with Gasteiger partial charge in [-0.15, -0.1) is 0 Å². The molecule has 0 heteroatoms. The van der Waals surface area contributed by atoms with Gasteiger partial charge in [0.05, 0.1) is 0 Å². The minimum Gasteiger partial charge on any atom is -0.0726 e. The lowest BCUT2D eigenvalue weighted by Crippen LogP contribution is -2.09. The summed E-state index contributed by atoms with van der Waals surface area (Å²) in [5, 5.41) is 0. The van der Waals surface area contributed by atoms with Crippen LogP contribution in [0.25, 0.3) is 17.2 Å². The SMILES string of the molecule is C1=CC2C=Cc3ccc4c5c3C2=C2C1=CCC(=C25)CC4. The summed E-state index contributed by atoms with van der Waals surface area (Å²) in [6, 6.07) is 4.70. The highest BCUT2D eigenvalue weighted by Gasteiger charge is 2.40. The van der Waals surface area contributed by atoms with Gasteiger partial charge in [-0.05, 0) is 63.8 Å². The van der Waals surface area contributed by atoms with Crippen molar-refractivity contribution < 1.29 is 0 Å². The molecule has 20 heavy (non-hydrogen) atoms. The second-order valence-corrected chi connectivity index (χ2v) is 6.44. The van der Waals surface area contributed by atoms with E-state index in [4.69, 9.17) is 0 Å². The van der Waals surface area contributed by atoms with Gasteiger partial charge in [0.2, 0.25) is 0 Å². The summed E-state index contributed by atoms with van der Waals surface area (Å²) in [7, 11) is 0. The van der Waals surface area contributed by atoms with E-state index in [0.717, 1.165) is 6.42 Å². The van der Waals surface area contributed by atoms with Gasteiger partial charge in [0.15, 0.2) is 0 Å². The Morgan fingerprint density at radius 1 is 0.900 bits per heavy atom. The first-order valence-electron chi connectivity index (χ1n) is 7.62. The molecule has 0 aliphatic heterocycles. The molecule has 1 atom stereocenters. The molecule has 0 spiro atoms. The molecule has 5 aliphatic rings. The van der Waals surface area contributed by atoms with Crippen LogP contribution in [0, 0.1) is 5.92 Å². The van der Waals surface area contributed by atoms with Crippen molar-refractivity contribution in [1.82, 2.24) is 0 Å². The Morgan fingerprint density at radius 2 is 1.85 bits per heavy atom. The van der Waals surface area contributed by atoms with Gasteiger partial charge in [-0.1, -0.05) is 48.1 Å². The lowest BCUT2D eigenvalue weighted by atomic mass is 9.76. The summed E-state index contributed by atoms with van der Waals surface area (Å²) in [5.74, 6) is 0.499. The molecule has 0 bridgehead atoms. The summed E-state index contributed by atoms with van der Waals surface area (Å²) in [5.41, 5.74) is 14.1. The zero-order valence-corrected chi connectivity index (χ0v) is 11.2. The topological polar surface area (TPSA) is 0 Å². The van der Waals surface area contributed by atoms with E-state index in [2.05, 4.69) is 42.5 Å². The fourth-order valence-electron chi connectivity index (χ4n) is 4.73. The van der Waals surface area contributed by atoms with E-state index in [1.165, 1.54) is 24.0 Å². The first kappa shape index (κ1) is 9.77. The van der Waals surface area contributed by atoms with E-state index in [9.17, 15) is 0 Å². The standard InChI is InChI=1S/C20H14/c1-2-12-5-6-14-9-10-15-8-7-13-4-3-11(1)16-17(12)19(14)20(15)18(13)16/h1-7,11H,8-10H2. The first-order chi connectivity index (χ1) is 9.92. The van der Waals surface area contributed by atoms with Gasteiger partial charge in [0, 0.05) is 5.92 Å². The maximum atomic E-state index is 2.45. The third-order valence-corrected chi connectivity index (χ3v) is 5.57.